The zero-order valence-corrected chi connectivity index (χ0v) is 20.6. The fraction of sp³-hybridized carbons (Fsp3) is 0.179. The van der Waals surface area contributed by atoms with Crippen LogP contribution in [0.1, 0.15) is 27.5 Å². The lowest BCUT2D eigenvalue weighted by atomic mass is 9.83. The van der Waals surface area contributed by atoms with Gasteiger partial charge in [0, 0.05) is 21.8 Å². The summed E-state index contributed by atoms with van der Waals surface area (Å²) in [5, 5.41) is 0.612. The van der Waals surface area contributed by atoms with Crippen molar-refractivity contribution in [2.75, 3.05) is 11.7 Å². The van der Waals surface area contributed by atoms with Crippen LogP contribution in [0.5, 0.6) is 11.5 Å². The van der Waals surface area contributed by atoms with Gasteiger partial charge < -0.3 is 14.4 Å². The van der Waals surface area contributed by atoms with Gasteiger partial charge >= 0.3 is 0 Å². The maximum absolute atomic E-state index is 14.1. The predicted molar refractivity (Wildman–Crippen MR) is 137 cm³/mol. The van der Waals surface area contributed by atoms with Gasteiger partial charge in [0.1, 0.15) is 6.04 Å². The van der Waals surface area contributed by atoms with Crippen LogP contribution in [0.2, 0.25) is 10.0 Å². The molecule has 4 heterocycles. The number of carbonyl (C=O) groups is 3. The van der Waals surface area contributed by atoms with E-state index in [9.17, 15) is 14.4 Å². The average Bonchev–Trinajstić information content (AvgIpc) is 3.55. The third-order valence-corrected chi connectivity index (χ3v) is 7.93. The Hall–Kier alpha value is -3.81. The number of carbonyl (C=O) groups excluding carboxylic acids is 3. The summed E-state index contributed by atoms with van der Waals surface area (Å²) in [5.74, 6) is -1.74. The number of hydrogen-bond donors (Lipinski definition) is 0. The van der Waals surface area contributed by atoms with E-state index >= 15 is 0 Å². The Morgan fingerprint density at radius 3 is 2.41 bits per heavy atom. The fourth-order valence-corrected chi connectivity index (χ4v) is 6.52. The van der Waals surface area contributed by atoms with Gasteiger partial charge in [0.2, 0.25) is 18.6 Å². The van der Waals surface area contributed by atoms with E-state index in [0.29, 0.717) is 32.8 Å². The van der Waals surface area contributed by atoms with Crippen LogP contribution in [0, 0.1) is 11.8 Å². The number of benzene rings is 3. The van der Waals surface area contributed by atoms with E-state index in [1.54, 1.807) is 18.2 Å². The molecule has 2 saturated heterocycles. The van der Waals surface area contributed by atoms with E-state index in [4.69, 9.17) is 32.7 Å². The van der Waals surface area contributed by atoms with Crippen molar-refractivity contribution < 1.29 is 23.9 Å². The Kier molecular flexibility index (Phi) is 4.90. The number of ether oxygens (including phenoxy) is 2. The molecule has 0 aliphatic carbocycles. The largest absolute Gasteiger partial charge is 0.454 e. The first-order chi connectivity index (χ1) is 17.9. The Bertz CT molecular complexity index is 1530. The summed E-state index contributed by atoms with van der Waals surface area (Å²) >= 11 is 12.4. The summed E-state index contributed by atoms with van der Waals surface area (Å²) in [6.07, 6.45) is 3.73. The monoisotopic (exact) mass is 532 g/mol. The highest BCUT2D eigenvalue weighted by Crippen LogP contribution is 2.54. The van der Waals surface area contributed by atoms with E-state index in [2.05, 4.69) is 0 Å². The lowest BCUT2D eigenvalue weighted by molar-refractivity contribution is -0.123. The molecule has 0 radical (unpaired) electrons. The van der Waals surface area contributed by atoms with Gasteiger partial charge in [-0.05, 0) is 53.6 Å². The Morgan fingerprint density at radius 1 is 0.865 bits per heavy atom. The quantitative estimate of drug-likeness (QED) is 0.344. The molecule has 9 heteroatoms. The minimum atomic E-state index is -0.899. The molecule has 0 N–H and O–H groups in total. The Morgan fingerprint density at radius 2 is 1.59 bits per heavy atom. The third-order valence-electron chi connectivity index (χ3n) is 7.49. The molecule has 37 heavy (non-hydrogen) atoms. The SMILES string of the molecule is O=C(c1ccc2c(c1)OCO2)[C@H]1[C@H]2C(=O)N(c3cc(Cl)cc(Cl)c3)C(=O)[C@@H]2[C@@H]2c3ccccc3C=CN12. The van der Waals surface area contributed by atoms with Crippen molar-refractivity contribution in [3.05, 3.63) is 93.6 Å². The van der Waals surface area contributed by atoms with Crippen LogP contribution in [0.15, 0.2) is 66.9 Å². The summed E-state index contributed by atoms with van der Waals surface area (Å²) in [5.41, 5.74) is 2.52. The van der Waals surface area contributed by atoms with Crippen molar-refractivity contribution in [2.24, 2.45) is 11.8 Å². The minimum absolute atomic E-state index is 0.0823. The van der Waals surface area contributed by atoms with E-state index < -0.39 is 29.8 Å². The molecular weight excluding hydrogens is 515 g/mol. The van der Waals surface area contributed by atoms with Gasteiger partial charge in [-0.25, -0.2) is 4.90 Å². The maximum Gasteiger partial charge on any atom is 0.240 e. The topological polar surface area (TPSA) is 76.1 Å². The number of ketones is 1. The van der Waals surface area contributed by atoms with Gasteiger partial charge in [-0.2, -0.15) is 0 Å². The zero-order valence-electron chi connectivity index (χ0n) is 19.1. The van der Waals surface area contributed by atoms with Crippen molar-refractivity contribution in [2.45, 2.75) is 12.1 Å². The second-order valence-electron chi connectivity index (χ2n) is 9.40. The first-order valence-electron chi connectivity index (χ1n) is 11.7. The van der Waals surface area contributed by atoms with E-state index in [1.807, 2.05) is 41.4 Å². The molecule has 0 bridgehead atoms. The van der Waals surface area contributed by atoms with Gasteiger partial charge in [0.15, 0.2) is 17.3 Å². The third kappa shape index (κ3) is 3.24. The standard InChI is InChI=1S/C28H18Cl2N2O5/c29-16-10-17(30)12-18(11-16)32-27(34)22-23(28(32)35)25(26(33)15-5-6-20-21(9-15)37-13-36-20)31-8-7-14-3-1-2-4-19(14)24(22)31/h1-12,22-25H,13H2/t22-,23-,24-,25+/m0/s1. The summed E-state index contributed by atoms with van der Waals surface area (Å²) in [4.78, 5) is 45.0. The van der Waals surface area contributed by atoms with Crippen LogP contribution < -0.4 is 14.4 Å². The molecule has 7 nitrogen and oxygen atoms in total. The van der Waals surface area contributed by atoms with Crippen molar-refractivity contribution in [3.63, 3.8) is 0 Å². The molecule has 4 aliphatic heterocycles. The summed E-state index contributed by atoms with van der Waals surface area (Å²) in [6, 6.07) is 15.9. The zero-order chi connectivity index (χ0) is 25.4. The van der Waals surface area contributed by atoms with Gasteiger partial charge in [-0.15, -0.1) is 0 Å². The fourth-order valence-electron chi connectivity index (χ4n) is 6.00. The molecule has 4 aliphatic rings. The Labute approximate surface area is 221 Å². The smallest absolute Gasteiger partial charge is 0.240 e. The number of halogens is 2. The molecule has 4 atom stereocenters. The van der Waals surface area contributed by atoms with Crippen LogP contribution in [-0.2, 0) is 9.59 Å². The molecule has 3 aromatic rings. The predicted octanol–water partition coefficient (Wildman–Crippen LogP) is 5.12. The van der Waals surface area contributed by atoms with Crippen LogP contribution in [-0.4, -0.2) is 35.3 Å². The molecule has 0 saturated carbocycles. The first-order valence-corrected chi connectivity index (χ1v) is 12.5. The molecule has 0 spiro atoms. The van der Waals surface area contributed by atoms with E-state index in [-0.39, 0.29) is 18.5 Å². The number of Topliss-reactive ketones (excluding diaryl/α,β-unsaturated/α-hetero) is 1. The van der Waals surface area contributed by atoms with Crippen molar-refractivity contribution >= 4 is 52.6 Å². The number of rotatable bonds is 3. The van der Waals surface area contributed by atoms with Crippen molar-refractivity contribution in [1.29, 1.82) is 0 Å². The summed E-state index contributed by atoms with van der Waals surface area (Å²) < 4.78 is 10.9. The van der Waals surface area contributed by atoms with Crippen molar-refractivity contribution in [3.8, 4) is 11.5 Å². The lowest BCUT2D eigenvalue weighted by Gasteiger charge is -2.35. The van der Waals surface area contributed by atoms with Gasteiger partial charge in [0.05, 0.1) is 23.6 Å². The lowest BCUT2D eigenvalue weighted by Crippen LogP contribution is -2.44. The van der Waals surface area contributed by atoms with Crippen LogP contribution in [0.25, 0.3) is 6.08 Å². The van der Waals surface area contributed by atoms with Crippen molar-refractivity contribution in [1.82, 2.24) is 4.90 Å². The second kappa shape index (κ2) is 8.10. The number of fused-ring (bicyclic) bond motifs is 6. The molecule has 0 aromatic heterocycles. The van der Waals surface area contributed by atoms with E-state index in [0.717, 1.165) is 16.0 Å². The van der Waals surface area contributed by atoms with E-state index in [1.165, 1.54) is 18.2 Å². The highest BCUT2D eigenvalue weighted by molar-refractivity contribution is 6.36. The molecule has 7 rings (SSSR count). The maximum atomic E-state index is 14.1. The summed E-state index contributed by atoms with van der Waals surface area (Å²) in [6.45, 7) is 0.0823. The highest BCUT2D eigenvalue weighted by atomic mass is 35.5. The molecule has 3 aromatic carbocycles. The molecule has 2 fully saturated rings. The molecule has 2 amide bonds. The minimum Gasteiger partial charge on any atom is -0.454 e. The van der Waals surface area contributed by atoms with Gasteiger partial charge in [-0.1, -0.05) is 47.5 Å². The van der Waals surface area contributed by atoms with Crippen LogP contribution in [0.4, 0.5) is 5.69 Å². The van der Waals surface area contributed by atoms with Gasteiger partial charge in [0.25, 0.3) is 0 Å². The Balaban J connectivity index is 1.37. The molecule has 0 unspecified atom stereocenters. The van der Waals surface area contributed by atoms with Crippen LogP contribution >= 0.6 is 23.2 Å². The number of anilines is 1. The molecular formula is C28H18Cl2N2O5. The highest BCUT2D eigenvalue weighted by Gasteiger charge is 2.64. The molecule has 184 valence electrons. The van der Waals surface area contributed by atoms with Crippen LogP contribution in [0.3, 0.4) is 0 Å². The second-order valence-corrected chi connectivity index (χ2v) is 10.3. The number of hydrogen-bond acceptors (Lipinski definition) is 6. The number of amides is 2. The first kappa shape index (κ1) is 22.4. The average molecular weight is 533 g/mol. The number of nitrogens with zero attached hydrogens (tertiary/aromatic N) is 2. The normalized spacial score (nSPS) is 24.8. The number of imide groups is 1. The summed E-state index contributed by atoms with van der Waals surface area (Å²) in [7, 11) is 0. The van der Waals surface area contributed by atoms with Gasteiger partial charge in [-0.3, -0.25) is 14.4 Å².